The first-order chi connectivity index (χ1) is 11.7. The van der Waals surface area contributed by atoms with Crippen LogP contribution < -0.4 is 10.1 Å². The van der Waals surface area contributed by atoms with Crippen LogP contribution in [0.15, 0.2) is 24.3 Å². The van der Waals surface area contributed by atoms with Crippen LogP contribution in [0.1, 0.15) is 64.4 Å². The van der Waals surface area contributed by atoms with Crippen LogP contribution in [-0.2, 0) is 11.2 Å². The maximum atomic E-state index is 11.6. The third kappa shape index (κ3) is 6.54. The second kappa shape index (κ2) is 10.4. The maximum Gasteiger partial charge on any atom is 0.257 e. The van der Waals surface area contributed by atoms with E-state index in [-0.39, 0.29) is 12.5 Å². The molecule has 1 N–H and O–H groups in total. The Morgan fingerprint density at radius 1 is 1.25 bits per heavy atom. The second-order valence-electron chi connectivity index (χ2n) is 7.23. The van der Waals surface area contributed by atoms with E-state index in [1.807, 2.05) is 19.1 Å². The highest BCUT2D eigenvalue weighted by molar-refractivity contribution is 5.77. The highest BCUT2D eigenvalue weighted by atomic mass is 16.5. The summed E-state index contributed by atoms with van der Waals surface area (Å²) in [6.45, 7) is 5.04. The Balaban J connectivity index is 1.79. The molecule has 3 heteroatoms. The number of amides is 1. The smallest absolute Gasteiger partial charge is 0.257 e. The van der Waals surface area contributed by atoms with Gasteiger partial charge in [-0.2, -0.15) is 0 Å². The van der Waals surface area contributed by atoms with Crippen LogP contribution in [0.25, 0.3) is 0 Å². The average molecular weight is 332 g/mol. The van der Waals surface area contributed by atoms with Gasteiger partial charge in [0.2, 0.25) is 0 Å². The normalized spacial score (nSPS) is 16.6. The first-order valence-electron chi connectivity index (χ1n) is 9.66. The lowest BCUT2D eigenvalue weighted by Gasteiger charge is -2.24. The van der Waals surface area contributed by atoms with Gasteiger partial charge in [-0.1, -0.05) is 57.2 Å². The summed E-state index contributed by atoms with van der Waals surface area (Å²) in [4.78, 5) is 11.6. The van der Waals surface area contributed by atoms with E-state index >= 15 is 0 Å². The van der Waals surface area contributed by atoms with Crippen molar-refractivity contribution in [3.63, 3.8) is 0 Å². The van der Waals surface area contributed by atoms with E-state index in [4.69, 9.17) is 4.74 Å². The molecule has 1 saturated carbocycles. The lowest BCUT2D eigenvalue weighted by molar-refractivity contribution is -0.122. The molecule has 3 nitrogen and oxygen atoms in total. The molecule has 1 atom stereocenters. The molecule has 2 rings (SSSR count). The van der Waals surface area contributed by atoms with Crippen LogP contribution in [0, 0.1) is 11.8 Å². The zero-order valence-electron chi connectivity index (χ0n) is 15.4. The minimum atomic E-state index is -0.0574. The number of nitrogens with one attached hydrogen (secondary N) is 1. The zero-order chi connectivity index (χ0) is 17.2. The standard InChI is InChI=1S/C21H33NO2/c1-3-22-21(23)16-24-20-12-8-7-11-19(20)14-13-17(2)15-18-9-5-4-6-10-18/h7-8,11-12,17-18H,3-6,9-10,13-16H2,1-2H3,(H,22,23). The monoisotopic (exact) mass is 331 g/mol. The largest absolute Gasteiger partial charge is 0.483 e. The topological polar surface area (TPSA) is 38.3 Å². The van der Waals surface area contributed by atoms with Gasteiger partial charge in [-0.05, 0) is 49.7 Å². The van der Waals surface area contributed by atoms with Gasteiger partial charge in [0, 0.05) is 6.54 Å². The summed E-state index contributed by atoms with van der Waals surface area (Å²) in [7, 11) is 0. The molecular formula is C21H33NO2. The Labute approximate surface area is 147 Å². The van der Waals surface area contributed by atoms with Crippen LogP contribution in [0.3, 0.4) is 0 Å². The summed E-state index contributed by atoms with van der Waals surface area (Å²) >= 11 is 0. The number of hydrogen-bond acceptors (Lipinski definition) is 2. The van der Waals surface area contributed by atoms with E-state index < -0.39 is 0 Å². The molecule has 0 aliphatic heterocycles. The number of carbonyl (C=O) groups excluding carboxylic acids is 1. The van der Waals surface area contributed by atoms with Crippen LogP contribution in [0.2, 0.25) is 0 Å². The summed E-state index contributed by atoms with van der Waals surface area (Å²) in [5, 5.41) is 2.77. The van der Waals surface area contributed by atoms with Gasteiger partial charge in [-0.15, -0.1) is 0 Å². The Bertz CT molecular complexity index is 494. The van der Waals surface area contributed by atoms with Crippen molar-refractivity contribution in [1.29, 1.82) is 0 Å². The summed E-state index contributed by atoms with van der Waals surface area (Å²) in [6.07, 6.45) is 10.7. The molecule has 24 heavy (non-hydrogen) atoms. The second-order valence-corrected chi connectivity index (χ2v) is 7.23. The Hall–Kier alpha value is -1.51. The number of rotatable bonds is 9. The first kappa shape index (κ1) is 18.8. The molecule has 1 unspecified atom stereocenters. The molecule has 0 spiro atoms. The van der Waals surface area contributed by atoms with E-state index in [1.54, 1.807) is 0 Å². The fourth-order valence-electron chi connectivity index (χ4n) is 3.75. The van der Waals surface area contributed by atoms with Crippen molar-refractivity contribution in [3.8, 4) is 5.75 Å². The van der Waals surface area contributed by atoms with Crippen molar-refractivity contribution in [2.24, 2.45) is 11.8 Å². The molecule has 1 amide bonds. The van der Waals surface area contributed by atoms with Crippen LogP contribution in [0.5, 0.6) is 5.75 Å². The minimum absolute atomic E-state index is 0.0574. The fraction of sp³-hybridized carbons (Fsp3) is 0.667. The van der Waals surface area contributed by atoms with Crippen molar-refractivity contribution in [2.45, 2.75) is 65.2 Å². The van der Waals surface area contributed by atoms with Gasteiger partial charge >= 0.3 is 0 Å². The number of ether oxygens (including phenoxy) is 1. The van der Waals surface area contributed by atoms with Gasteiger partial charge in [-0.3, -0.25) is 4.79 Å². The highest BCUT2D eigenvalue weighted by Gasteiger charge is 2.17. The number of hydrogen-bond donors (Lipinski definition) is 1. The molecular weight excluding hydrogens is 298 g/mol. The molecule has 1 aliphatic carbocycles. The van der Waals surface area contributed by atoms with E-state index in [2.05, 4.69) is 24.4 Å². The van der Waals surface area contributed by atoms with Crippen molar-refractivity contribution in [1.82, 2.24) is 5.32 Å². The van der Waals surface area contributed by atoms with Gasteiger partial charge in [0.15, 0.2) is 6.61 Å². The van der Waals surface area contributed by atoms with E-state index in [1.165, 1.54) is 50.5 Å². The van der Waals surface area contributed by atoms with Gasteiger partial charge < -0.3 is 10.1 Å². The predicted molar refractivity (Wildman–Crippen MR) is 99.3 cm³/mol. The van der Waals surface area contributed by atoms with E-state index in [0.717, 1.165) is 24.0 Å². The number of para-hydroxylation sites is 1. The number of benzene rings is 1. The van der Waals surface area contributed by atoms with Crippen LogP contribution in [-0.4, -0.2) is 19.1 Å². The average Bonchev–Trinajstić information content (AvgIpc) is 2.60. The van der Waals surface area contributed by atoms with E-state index in [9.17, 15) is 4.79 Å². The summed E-state index contributed by atoms with van der Waals surface area (Å²) in [5.41, 5.74) is 1.22. The van der Waals surface area contributed by atoms with Crippen molar-refractivity contribution >= 4 is 5.91 Å². The zero-order valence-corrected chi connectivity index (χ0v) is 15.4. The molecule has 0 saturated heterocycles. The number of likely N-dealkylation sites (N-methyl/N-ethyl adjacent to an activating group) is 1. The Morgan fingerprint density at radius 3 is 2.75 bits per heavy atom. The third-order valence-electron chi connectivity index (χ3n) is 5.07. The third-order valence-corrected chi connectivity index (χ3v) is 5.07. The molecule has 0 bridgehead atoms. The molecule has 0 radical (unpaired) electrons. The Kier molecular flexibility index (Phi) is 8.14. The van der Waals surface area contributed by atoms with E-state index in [0.29, 0.717) is 6.54 Å². The summed E-state index contributed by atoms with van der Waals surface area (Å²) in [6, 6.07) is 8.13. The van der Waals surface area contributed by atoms with Crippen molar-refractivity contribution in [2.75, 3.05) is 13.2 Å². The SMILES string of the molecule is CCNC(=O)COc1ccccc1CCC(C)CC1CCCCC1. The maximum absolute atomic E-state index is 11.6. The molecule has 1 fully saturated rings. The summed E-state index contributed by atoms with van der Waals surface area (Å²) < 4.78 is 5.72. The fourth-order valence-corrected chi connectivity index (χ4v) is 3.75. The molecule has 1 aromatic carbocycles. The van der Waals surface area contributed by atoms with Crippen molar-refractivity contribution in [3.05, 3.63) is 29.8 Å². The molecule has 1 aliphatic rings. The summed E-state index contributed by atoms with van der Waals surface area (Å²) in [5.74, 6) is 2.49. The van der Waals surface area contributed by atoms with Gasteiger partial charge in [-0.25, -0.2) is 0 Å². The van der Waals surface area contributed by atoms with Crippen LogP contribution in [0.4, 0.5) is 0 Å². The van der Waals surface area contributed by atoms with Crippen molar-refractivity contribution < 1.29 is 9.53 Å². The number of aryl methyl sites for hydroxylation is 1. The van der Waals surface area contributed by atoms with Gasteiger partial charge in [0.05, 0.1) is 0 Å². The molecule has 0 heterocycles. The molecule has 1 aromatic rings. The van der Waals surface area contributed by atoms with Gasteiger partial charge in [0.1, 0.15) is 5.75 Å². The van der Waals surface area contributed by atoms with Gasteiger partial charge in [0.25, 0.3) is 5.91 Å². The van der Waals surface area contributed by atoms with Crippen LogP contribution >= 0.6 is 0 Å². The Morgan fingerprint density at radius 2 is 2.00 bits per heavy atom. The number of carbonyl (C=O) groups is 1. The molecule has 0 aromatic heterocycles. The minimum Gasteiger partial charge on any atom is -0.483 e. The lowest BCUT2D eigenvalue weighted by atomic mass is 9.82. The molecule has 134 valence electrons. The highest BCUT2D eigenvalue weighted by Crippen LogP contribution is 2.31. The lowest BCUT2D eigenvalue weighted by Crippen LogP contribution is -2.28. The quantitative estimate of drug-likeness (QED) is 0.710. The predicted octanol–water partition coefficient (Wildman–Crippen LogP) is 4.74. The first-order valence-corrected chi connectivity index (χ1v) is 9.66.